The molecule has 13 heteroatoms. The van der Waals surface area contributed by atoms with E-state index in [0.717, 1.165) is 12.1 Å². The Hall–Kier alpha value is -3.22. The largest absolute Gasteiger partial charge is 0.478 e. The van der Waals surface area contributed by atoms with E-state index in [1.165, 1.54) is 26.5 Å². The van der Waals surface area contributed by atoms with Crippen molar-refractivity contribution in [3.05, 3.63) is 30.2 Å². The maximum atomic E-state index is 13.3. The number of methoxy groups -OCH3 is 2. The van der Waals surface area contributed by atoms with Crippen molar-refractivity contribution in [3.63, 3.8) is 0 Å². The summed E-state index contributed by atoms with van der Waals surface area (Å²) in [4.78, 5) is 10.1. The molecular formula is C16H15F3N4O5S. The molecule has 0 aliphatic heterocycles. The first kappa shape index (κ1) is 20.5. The number of aromatic amines is 1. The number of halogens is 3. The molecule has 1 aromatic carbocycles. The zero-order valence-corrected chi connectivity index (χ0v) is 15.9. The van der Waals surface area contributed by atoms with Crippen LogP contribution in [0.2, 0.25) is 0 Å². The Kier molecular flexibility index (Phi) is 5.68. The molecular weight excluding hydrogens is 417 g/mol. The summed E-state index contributed by atoms with van der Waals surface area (Å²) in [7, 11) is -1.83. The van der Waals surface area contributed by atoms with Crippen LogP contribution in [0, 0.1) is 5.82 Å². The van der Waals surface area contributed by atoms with Gasteiger partial charge < -0.3 is 19.2 Å². The number of nitrogens with zero attached hydrogens (tertiary/aromatic N) is 2. The number of aromatic nitrogens is 3. The van der Waals surface area contributed by atoms with Crippen molar-refractivity contribution in [1.29, 1.82) is 0 Å². The van der Waals surface area contributed by atoms with Gasteiger partial charge in [-0.25, -0.2) is 26.3 Å². The molecule has 0 unspecified atom stereocenters. The number of sulfonamides is 1. The zero-order chi connectivity index (χ0) is 21.2. The van der Waals surface area contributed by atoms with E-state index < -0.39 is 34.8 Å². The molecule has 29 heavy (non-hydrogen) atoms. The monoisotopic (exact) mass is 432 g/mol. The van der Waals surface area contributed by atoms with Crippen LogP contribution in [-0.2, 0) is 10.0 Å². The van der Waals surface area contributed by atoms with Gasteiger partial charge in [0.1, 0.15) is 17.3 Å². The number of fused-ring (bicyclic) bond motifs is 1. The standard InChI is InChI=1S/C16H15F3N4O5S/c1-26-14-13(28-7-12(18)19)15(27-2)22-16(21-14)23-29(24,25)11-6-20-10-5-8(17)3-4-9(10)11/h3-6,12,20H,7H2,1-2H3,(H,21,22,23). The molecule has 0 atom stereocenters. The highest BCUT2D eigenvalue weighted by Gasteiger charge is 2.24. The fourth-order valence-corrected chi connectivity index (χ4v) is 3.60. The molecule has 0 aliphatic rings. The zero-order valence-electron chi connectivity index (χ0n) is 15.1. The number of H-pyrrole nitrogens is 1. The quantitative estimate of drug-likeness (QED) is 0.562. The molecule has 9 nitrogen and oxygen atoms in total. The number of hydrogen-bond donors (Lipinski definition) is 2. The van der Waals surface area contributed by atoms with E-state index >= 15 is 0 Å². The van der Waals surface area contributed by atoms with E-state index in [-0.39, 0.29) is 33.3 Å². The van der Waals surface area contributed by atoms with Crippen LogP contribution in [0.4, 0.5) is 19.1 Å². The number of hydrogen-bond acceptors (Lipinski definition) is 7. The summed E-state index contributed by atoms with van der Waals surface area (Å²) in [5, 5.41) is 0.245. The van der Waals surface area contributed by atoms with Crippen molar-refractivity contribution in [2.45, 2.75) is 11.3 Å². The van der Waals surface area contributed by atoms with Crippen molar-refractivity contribution < 1.29 is 35.8 Å². The highest BCUT2D eigenvalue weighted by molar-refractivity contribution is 7.93. The summed E-state index contributed by atoms with van der Waals surface area (Å²) in [5.41, 5.74) is 0.275. The summed E-state index contributed by atoms with van der Waals surface area (Å²) >= 11 is 0. The van der Waals surface area contributed by atoms with Crippen molar-refractivity contribution in [2.75, 3.05) is 25.5 Å². The van der Waals surface area contributed by atoms with Gasteiger partial charge in [0, 0.05) is 17.1 Å². The Balaban J connectivity index is 1.97. The van der Waals surface area contributed by atoms with Gasteiger partial charge in [-0.15, -0.1) is 0 Å². The highest BCUT2D eigenvalue weighted by Crippen LogP contribution is 2.36. The van der Waals surface area contributed by atoms with Gasteiger partial charge in [0.2, 0.25) is 11.7 Å². The Morgan fingerprint density at radius 2 is 1.83 bits per heavy atom. The van der Waals surface area contributed by atoms with Gasteiger partial charge in [-0.05, 0) is 18.2 Å². The van der Waals surface area contributed by atoms with Crippen molar-refractivity contribution in [2.24, 2.45) is 0 Å². The minimum absolute atomic E-state index is 0.174. The summed E-state index contributed by atoms with van der Waals surface area (Å²) in [6, 6.07) is 3.57. The fourth-order valence-electron chi connectivity index (χ4n) is 2.47. The van der Waals surface area contributed by atoms with Gasteiger partial charge >= 0.3 is 0 Å². The average Bonchev–Trinajstić information content (AvgIpc) is 3.09. The van der Waals surface area contributed by atoms with Crippen molar-refractivity contribution in [3.8, 4) is 17.5 Å². The van der Waals surface area contributed by atoms with Crippen LogP contribution in [-0.4, -0.2) is 50.6 Å². The maximum absolute atomic E-state index is 13.3. The van der Waals surface area contributed by atoms with Gasteiger partial charge in [-0.1, -0.05) is 0 Å². The number of rotatable bonds is 8. The second kappa shape index (κ2) is 8.03. The third-order valence-electron chi connectivity index (χ3n) is 3.66. The number of ether oxygens (including phenoxy) is 3. The van der Waals surface area contributed by atoms with Crippen molar-refractivity contribution >= 4 is 26.9 Å². The fraction of sp³-hybridized carbons (Fsp3) is 0.250. The van der Waals surface area contributed by atoms with Crippen LogP contribution in [0.25, 0.3) is 10.9 Å². The number of benzene rings is 1. The number of anilines is 1. The van der Waals surface area contributed by atoms with Crippen LogP contribution in [0.1, 0.15) is 0 Å². The van der Waals surface area contributed by atoms with Crippen molar-refractivity contribution in [1.82, 2.24) is 15.0 Å². The lowest BCUT2D eigenvalue weighted by Crippen LogP contribution is -2.16. The van der Waals surface area contributed by atoms with E-state index in [1.807, 2.05) is 0 Å². The van der Waals surface area contributed by atoms with Gasteiger partial charge in [-0.3, -0.25) is 0 Å². The smallest absolute Gasteiger partial charge is 0.272 e. The highest BCUT2D eigenvalue weighted by atomic mass is 32.2. The molecule has 0 aliphatic carbocycles. The lowest BCUT2D eigenvalue weighted by atomic mass is 10.2. The van der Waals surface area contributed by atoms with Crippen LogP contribution >= 0.6 is 0 Å². The molecule has 0 fully saturated rings. The molecule has 0 saturated carbocycles. The Morgan fingerprint density at radius 1 is 1.17 bits per heavy atom. The molecule has 0 saturated heterocycles. The van der Waals surface area contributed by atoms with Crippen LogP contribution < -0.4 is 18.9 Å². The predicted octanol–water partition coefficient (Wildman–Crippen LogP) is 2.56. The van der Waals surface area contributed by atoms with Crippen LogP contribution in [0.3, 0.4) is 0 Å². The Labute approximate surface area is 162 Å². The van der Waals surface area contributed by atoms with E-state index in [9.17, 15) is 21.6 Å². The summed E-state index contributed by atoms with van der Waals surface area (Å²) in [6.07, 6.45) is -1.59. The molecule has 3 rings (SSSR count). The Bertz CT molecular complexity index is 1110. The van der Waals surface area contributed by atoms with E-state index in [4.69, 9.17) is 14.2 Å². The first-order valence-electron chi connectivity index (χ1n) is 7.95. The Morgan fingerprint density at radius 3 is 2.41 bits per heavy atom. The summed E-state index contributed by atoms with van der Waals surface area (Å²) in [5.74, 6) is -1.90. The average molecular weight is 432 g/mol. The second-order valence-electron chi connectivity index (χ2n) is 5.55. The topological polar surface area (TPSA) is 115 Å². The normalized spacial score (nSPS) is 11.7. The van der Waals surface area contributed by atoms with Crippen LogP contribution in [0.15, 0.2) is 29.3 Å². The molecule has 156 valence electrons. The minimum Gasteiger partial charge on any atom is -0.478 e. The van der Waals surface area contributed by atoms with Crippen LogP contribution in [0.5, 0.6) is 17.5 Å². The van der Waals surface area contributed by atoms with Gasteiger partial charge in [0.15, 0.2) is 0 Å². The molecule has 0 radical (unpaired) electrons. The lowest BCUT2D eigenvalue weighted by Gasteiger charge is -2.14. The van der Waals surface area contributed by atoms with E-state index in [1.54, 1.807) is 0 Å². The predicted molar refractivity (Wildman–Crippen MR) is 95.7 cm³/mol. The third-order valence-corrected chi connectivity index (χ3v) is 5.03. The number of nitrogens with one attached hydrogen (secondary N) is 2. The third kappa shape index (κ3) is 4.29. The minimum atomic E-state index is -4.20. The number of alkyl halides is 2. The molecule has 0 amide bonds. The van der Waals surface area contributed by atoms with E-state index in [0.29, 0.717) is 0 Å². The molecule has 0 bridgehead atoms. The second-order valence-corrected chi connectivity index (χ2v) is 7.20. The first-order chi connectivity index (χ1) is 13.7. The molecule has 0 spiro atoms. The van der Waals surface area contributed by atoms with E-state index in [2.05, 4.69) is 19.7 Å². The lowest BCUT2D eigenvalue weighted by molar-refractivity contribution is 0.0781. The van der Waals surface area contributed by atoms with Gasteiger partial charge in [-0.2, -0.15) is 9.97 Å². The van der Waals surface area contributed by atoms with Gasteiger partial charge in [0.25, 0.3) is 28.2 Å². The maximum Gasteiger partial charge on any atom is 0.272 e. The molecule has 2 heterocycles. The first-order valence-corrected chi connectivity index (χ1v) is 9.44. The SMILES string of the molecule is COc1nc(NS(=O)(=O)c2c[nH]c3cc(F)ccc23)nc(OC)c1OCC(F)F. The summed E-state index contributed by atoms with van der Waals surface area (Å²) < 4.78 is 80.6. The molecule has 3 aromatic rings. The molecule has 2 N–H and O–H groups in total. The van der Waals surface area contributed by atoms with Gasteiger partial charge in [0.05, 0.1) is 14.2 Å². The molecule has 2 aromatic heterocycles. The summed E-state index contributed by atoms with van der Waals surface area (Å²) in [6.45, 7) is -0.965.